The third-order valence-electron chi connectivity index (χ3n) is 17.3. The molecule has 3 N–H and O–H groups in total. The first-order chi connectivity index (χ1) is 45.1. The molecule has 0 aromatic heterocycles. The number of aliphatic hydroxyl groups is 1. The lowest BCUT2D eigenvalue weighted by Gasteiger charge is -2.21. The predicted molar refractivity (Wildman–Crippen MR) is 381 cm³/mol. The van der Waals surface area contributed by atoms with Crippen LogP contribution >= 0.6 is 15.6 Å². The maximum absolute atomic E-state index is 13.1. The molecule has 0 rings (SSSR count). The number of ether oxygens (including phenoxy) is 4. The molecule has 0 fully saturated rings. The summed E-state index contributed by atoms with van der Waals surface area (Å²) < 4.78 is 68.4. The third kappa shape index (κ3) is 68.6. The lowest BCUT2D eigenvalue weighted by atomic mass is 10.0. The number of unbranched alkanes of at least 4 members (excludes halogenated alkanes) is 38. The average Bonchev–Trinajstić information content (AvgIpc) is 3.40. The zero-order valence-electron chi connectivity index (χ0n) is 61.6. The van der Waals surface area contributed by atoms with Crippen molar-refractivity contribution >= 4 is 39.5 Å². The Kier molecular flexibility index (Phi) is 63.1. The normalized spacial score (nSPS) is 14.2. The Morgan fingerprint density at radius 2 is 0.447 bits per heavy atom. The van der Waals surface area contributed by atoms with Crippen LogP contribution in [0.25, 0.3) is 0 Å². The Hall–Kier alpha value is -1.94. The first kappa shape index (κ1) is 92.1. The highest BCUT2D eigenvalue weighted by Crippen LogP contribution is 2.45. The van der Waals surface area contributed by atoms with Crippen LogP contribution in [0, 0.1) is 23.7 Å². The molecule has 0 spiro atoms. The molecule has 0 aromatic rings. The van der Waals surface area contributed by atoms with Gasteiger partial charge in [-0.1, -0.05) is 325 Å². The number of esters is 4. The van der Waals surface area contributed by atoms with Gasteiger partial charge in [0.25, 0.3) is 0 Å². The average molecular weight is 1380 g/mol. The van der Waals surface area contributed by atoms with Gasteiger partial charge in [-0.25, -0.2) is 9.13 Å². The summed E-state index contributed by atoms with van der Waals surface area (Å²) in [5.74, 6) is 0.849. The van der Waals surface area contributed by atoms with Crippen LogP contribution in [0.3, 0.4) is 0 Å². The van der Waals surface area contributed by atoms with Gasteiger partial charge in [-0.05, 0) is 49.4 Å². The Balaban J connectivity index is 5.16. The summed E-state index contributed by atoms with van der Waals surface area (Å²) in [6.45, 7) is 14.1. The fraction of sp³-hybridized carbons (Fsp3) is 0.947. The van der Waals surface area contributed by atoms with E-state index in [1.54, 1.807) is 0 Å². The van der Waals surface area contributed by atoms with E-state index in [-0.39, 0.29) is 25.7 Å². The van der Waals surface area contributed by atoms with Crippen molar-refractivity contribution in [3.05, 3.63) is 0 Å². The Morgan fingerprint density at radius 1 is 0.266 bits per heavy atom. The minimum atomic E-state index is -4.96. The molecule has 0 radical (unpaired) electrons. The molecule has 0 aliphatic rings. The van der Waals surface area contributed by atoms with Gasteiger partial charge in [0.15, 0.2) is 12.2 Å². The summed E-state index contributed by atoms with van der Waals surface area (Å²) in [5.41, 5.74) is 0. The molecule has 0 saturated heterocycles. The molecule has 17 nitrogen and oxygen atoms in total. The number of carbonyl (C=O) groups excluding carboxylic acids is 4. The van der Waals surface area contributed by atoms with Crippen LogP contribution in [-0.4, -0.2) is 96.7 Å². The van der Waals surface area contributed by atoms with Crippen molar-refractivity contribution in [3.8, 4) is 0 Å². The summed E-state index contributed by atoms with van der Waals surface area (Å²) in [7, 11) is -9.91. The Morgan fingerprint density at radius 3 is 0.660 bits per heavy atom. The van der Waals surface area contributed by atoms with E-state index in [1.807, 2.05) is 0 Å². The van der Waals surface area contributed by atoms with Crippen LogP contribution in [0.2, 0.25) is 0 Å². The number of aliphatic hydroxyl groups excluding tert-OH is 1. The van der Waals surface area contributed by atoms with E-state index < -0.39 is 97.5 Å². The fourth-order valence-electron chi connectivity index (χ4n) is 11.4. The highest BCUT2D eigenvalue weighted by atomic mass is 31.2. The van der Waals surface area contributed by atoms with Gasteiger partial charge in [-0.15, -0.1) is 0 Å². The van der Waals surface area contributed by atoms with E-state index >= 15 is 0 Å². The number of rotatable bonds is 72. The SMILES string of the molecule is CC(C)CCCCCCCCCCCCCCCCCCCCC(=O)OC[C@H](COP(=O)(O)OC[C@@H](O)COP(=O)(O)OC[C@@H](COC(=O)CCCCCCCCC(C)C)OC(=O)CCCCCCCCCCCC(C)C)OC(=O)CCCCCCCCCCCC(C)C. The lowest BCUT2D eigenvalue weighted by Crippen LogP contribution is -2.30. The van der Waals surface area contributed by atoms with Gasteiger partial charge in [0.2, 0.25) is 0 Å². The highest BCUT2D eigenvalue weighted by Gasteiger charge is 2.30. The Bertz CT molecular complexity index is 1850. The van der Waals surface area contributed by atoms with Crippen LogP contribution in [0.1, 0.15) is 376 Å². The Labute approximate surface area is 575 Å². The van der Waals surface area contributed by atoms with Gasteiger partial charge in [0.05, 0.1) is 26.4 Å². The molecule has 0 aliphatic heterocycles. The molecule has 5 atom stereocenters. The second kappa shape index (κ2) is 64.4. The maximum Gasteiger partial charge on any atom is 0.472 e. The number of hydrogen-bond donors (Lipinski definition) is 3. The molecule has 0 aromatic carbocycles. The molecule has 0 heterocycles. The van der Waals surface area contributed by atoms with Crippen molar-refractivity contribution in [2.24, 2.45) is 23.7 Å². The monoisotopic (exact) mass is 1380 g/mol. The van der Waals surface area contributed by atoms with Gasteiger partial charge in [-0.2, -0.15) is 0 Å². The smallest absolute Gasteiger partial charge is 0.462 e. The van der Waals surface area contributed by atoms with Crippen LogP contribution in [0.4, 0.5) is 0 Å². The molecular weight excluding hydrogens is 1230 g/mol. The second-order valence-electron chi connectivity index (χ2n) is 28.9. The molecule has 94 heavy (non-hydrogen) atoms. The van der Waals surface area contributed by atoms with Crippen molar-refractivity contribution in [2.45, 2.75) is 395 Å². The molecule has 558 valence electrons. The first-order valence-corrected chi connectivity index (χ1v) is 41.7. The second-order valence-corrected chi connectivity index (χ2v) is 31.9. The van der Waals surface area contributed by atoms with Crippen molar-refractivity contribution in [3.63, 3.8) is 0 Å². The third-order valence-corrected chi connectivity index (χ3v) is 19.2. The van der Waals surface area contributed by atoms with Crippen molar-refractivity contribution in [1.29, 1.82) is 0 Å². The quantitative estimate of drug-likeness (QED) is 0.0222. The summed E-state index contributed by atoms with van der Waals surface area (Å²) in [6, 6.07) is 0. The lowest BCUT2D eigenvalue weighted by molar-refractivity contribution is -0.161. The van der Waals surface area contributed by atoms with Crippen LogP contribution < -0.4 is 0 Å². The van der Waals surface area contributed by atoms with Gasteiger partial charge < -0.3 is 33.8 Å². The standard InChI is InChI=1S/C75H146O17P2/c1-65(2)51-43-35-27-21-17-15-13-11-9-10-12-14-16-18-24-30-39-47-55-72(77)85-61-70(91-74(79)57-49-41-31-25-19-22-28-36-44-52-66(3)4)63-89-93(81,82)87-59-69(76)60-88-94(83,84)90-64-71(62-86-73(78)56-48-40-34-33-38-46-54-68(7)8)92-75(80)58-50-42-32-26-20-23-29-37-45-53-67(5)6/h65-71,76H,9-64H2,1-8H3,(H,81,82)(H,83,84)/t69-,70-,71-/m1/s1. The number of hydrogen-bond acceptors (Lipinski definition) is 15. The van der Waals surface area contributed by atoms with Crippen LogP contribution in [-0.2, 0) is 65.4 Å². The number of carbonyl (C=O) groups is 4. The van der Waals surface area contributed by atoms with Crippen LogP contribution in [0.5, 0.6) is 0 Å². The molecular formula is C75H146O17P2. The minimum Gasteiger partial charge on any atom is -0.462 e. The summed E-state index contributed by atoms with van der Waals surface area (Å²) >= 11 is 0. The number of phosphoric acid groups is 2. The zero-order valence-corrected chi connectivity index (χ0v) is 63.4. The van der Waals surface area contributed by atoms with E-state index in [4.69, 9.17) is 37.0 Å². The summed E-state index contributed by atoms with van der Waals surface area (Å²) in [4.78, 5) is 72.7. The van der Waals surface area contributed by atoms with Crippen molar-refractivity contribution in [1.82, 2.24) is 0 Å². The number of phosphoric ester groups is 2. The largest absolute Gasteiger partial charge is 0.472 e. The molecule has 0 amide bonds. The molecule has 0 saturated carbocycles. The molecule has 2 unspecified atom stereocenters. The topological polar surface area (TPSA) is 237 Å². The highest BCUT2D eigenvalue weighted by molar-refractivity contribution is 7.47. The first-order valence-electron chi connectivity index (χ1n) is 38.7. The van der Waals surface area contributed by atoms with Gasteiger partial charge in [0, 0.05) is 25.7 Å². The fourth-order valence-corrected chi connectivity index (χ4v) is 13.0. The van der Waals surface area contributed by atoms with E-state index in [2.05, 4.69) is 55.4 Å². The van der Waals surface area contributed by atoms with E-state index in [1.165, 1.54) is 173 Å². The zero-order chi connectivity index (χ0) is 69.6. The van der Waals surface area contributed by atoms with Gasteiger partial charge >= 0.3 is 39.5 Å². The van der Waals surface area contributed by atoms with E-state index in [0.717, 1.165) is 114 Å². The van der Waals surface area contributed by atoms with E-state index in [0.29, 0.717) is 31.6 Å². The maximum atomic E-state index is 13.1. The van der Waals surface area contributed by atoms with Crippen molar-refractivity contribution in [2.75, 3.05) is 39.6 Å². The minimum absolute atomic E-state index is 0.104. The van der Waals surface area contributed by atoms with Gasteiger partial charge in [0.1, 0.15) is 19.3 Å². The summed E-state index contributed by atoms with van der Waals surface area (Å²) in [5, 5.41) is 10.6. The van der Waals surface area contributed by atoms with Crippen molar-refractivity contribution < 1.29 is 80.2 Å². The molecule has 0 aliphatic carbocycles. The van der Waals surface area contributed by atoms with Crippen LogP contribution in [0.15, 0.2) is 0 Å². The predicted octanol–water partition coefficient (Wildman–Crippen LogP) is 21.7. The molecule has 19 heteroatoms. The summed E-state index contributed by atoms with van der Waals surface area (Å²) in [6.07, 6.45) is 48.9. The van der Waals surface area contributed by atoms with Gasteiger partial charge in [-0.3, -0.25) is 37.3 Å². The van der Waals surface area contributed by atoms with E-state index in [9.17, 15) is 43.2 Å². The molecule has 0 bridgehead atoms.